The summed E-state index contributed by atoms with van der Waals surface area (Å²) >= 11 is 0. The Kier molecular flexibility index (Phi) is 6.89. The molecule has 8 nitrogen and oxygen atoms in total. The van der Waals surface area contributed by atoms with Crippen molar-refractivity contribution in [1.29, 1.82) is 0 Å². The van der Waals surface area contributed by atoms with Gasteiger partial charge < -0.3 is 5.32 Å². The molecule has 0 saturated heterocycles. The topological polar surface area (TPSA) is 120 Å². The molecule has 0 atom stereocenters. The van der Waals surface area contributed by atoms with Crippen LogP contribution in [0.5, 0.6) is 0 Å². The van der Waals surface area contributed by atoms with Crippen LogP contribution in [0.3, 0.4) is 0 Å². The summed E-state index contributed by atoms with van der Waals surface area (Å²) in [5.41, 5.74) is 1.81. The molecule has 3 N–H and O–H groups in total. The second-order valence-electron chi connectivity index (χ2n) is 7.43. The number of nitrogens with two attached hydrogens (primary N) is 1. The van der Waals surface area contributed by atoms with Gasteiger partial charge in [0.25, 0.3) is 0 Å². The Hall–Kier alpha value is -3.25. The van der Waals surface area contributed by atoms with Crippen molar-refractivity contribution in [3.05, 3.63) is 70.7 Å². The summed E-state index contributed by atoms with van der Waals surface area (Å²) in [6.07, 6.45) is -3.20. The first kappa shape index (κ1) is 24.4. The van der Waals surface area contributed by atoms with Crippen LogP contribution < -0.4 is 10.5 Å². The van der Waals surface area contributed by atoms with Crippen molar-refractivity contribution in [3.63, 3.8) is 0 Å². The molecule has 0 fully saturated rings. The van der Waals surface area contributed by atoms with Crippen molar-refractivity contribution < 1.29 is 26.4 Å². The Morgan fingerprint density at radius 1 is 1.12 bits per heavy atom. The molecule has 1 aromatic carbocycles. The second kappa shape index (κ2) is 9.32. The average molecular weight is 482 g/mol. The summed E-state index contributed by atoms with van der Waals surface area (Å²) in [6, 6.07) is 8.22. The number of pyridine rings is 1. The predicted molar refractivity (Wildman–Crippen MR) is 114 cm³/mol. The molecule has 1 amide bonds. The molecule has 3 aromatic rings. The molecule has 3 rings (SSSR count). The zero-order valence-electron chi connectivity index (χ0n) is 17.8. The third-order valence-electron chi connectivity index (χ3n) is 5.06. The largest absolute Gasteiger partial charge is 0.417 e. The number of hydrogen-bond donors (Lipinski definition) is 2. The van der Waals surface area contributed by atoms with Gasteiger partial charge in [-0.25, -0.2) is 23.2 Å². The lowest BCUT2D eigenvalue weighted by Gasteiger charge is -2.09. The zero-order chi connectivity index (χ0) is 24.4. The molecule has 2 heterocycles. The Bertz CT molecular complexity index is 1250. The molecule has 0 bridgehead atoms. The number of primary sulfonamides is 1. The summed E-state index contributed by atoms with van der Waals surface area (Å²) in [6.45, 7) is 3.76. The maximum absolute atomic E-state index is 12.8. The maximum Gasteiger partial charge on any atom is 0.417 e. The van der Waals surface area contributed by atoms with E-state index < -0.39 is 21.8 Å². The van der Waals surface area contributed by atoms with Crippen LogP contribution in [-0.4, -0.2) is 35.6 Å². The smallest absolute Gasteiger partial charge is 0.355 e. The summed E-state index contributed by atoms with van der Waals surface area (Å²) < 4.78 is 62.2. The lowest BCUT2D eigenvalue weighted by atomic mass is 10.1. The van der Waals surface area contributed by atoms with E-state index in [2.05, 4.69) is 15.4 Å². The van der Waals surface area contributed by atoms with Crippen molar-refractivity contribution in [2.24, 2.45) is 5.14 Å². The fourth-order valence-corrected chi connectivity index (χ4v) is 3.76. The Labute approximate surface area is 188 Å². The number of carbonyl (C=O) groups excluding carboxylic acids is 1. The van der Waals surface area contributed by atoms with Gasteiger partial charge in [-0.2, -0.15) is 18.3 Å². The third kappa shape index (κ3) is 5.96. The number of aromatic nitrogens is 3. The van der Waals surface area contributed by atoms with Crippen LogP contribution in [-0.2, 0) is 33.8 Å². The molecule has 0 aliphatic carbocycles. The van der Waals surface area contributed by atoms with Gasteiger partial charge >= 0.3 is 6.18 Å². The number of aryl methyl sites for hydroxylation is 1. The SMILES string of the molecule is Cc1nn(-c2ccc(C(F)(F)F)cn2)c(C)c1CC(=O)NCCc1ccc(S(N)(=O)=O)cc1. The first-order chi connectivity index (χ1) is 15.4. The van der Waals surface area contributed by atoms with Crippen molar-refractivity contribution in [2.45, 2.75) is 37.8 Å². The maximum atomic E-state index is 12.8. The van der Waals surface area contributed by atoms with E-state index in [9.17, 15) is 26.4 Å². The van der Waals surface area contributed by atoms with Crippen molar-refractivity contribution in [1.82, 2.24) is 20.1 Å². The fourth-order valence-electron chi connectivity index (χ4n) is 3.25. The molecular weight excluding hydrogens is 459 g/mol. The number of sulfonamides is 1. The second-order valence-corrected chi connectivity index (χ2v) is 8.99. The predicted octanol–water partition coefficient (Wildman–Crippen LogP) is 2.45. The number of alkyl halides is 3. The highest BCUT2D eigenvalue weighted by Crippen LogP contribution is 2.29. The Morgan fingerprint density at radius 2 is 1.79 bits per heavy atom. The summed E-state index contributed by atoms with van der Waals surface area (Å²) in [5.74, 6) is -0.0273. The van der Waals surface area contributed by atoms with Crippen LogP contribution >= 0.6 is 0 Å². The summed E-state index contributed by atoms with van der Waals surface area (Å²) in [4.78, 5) is 16.3. The lowest BCUT2D eigenvalue weighted by Crippen LogP contribution is -2.27. The van der Waals surface area contributed by atoms with Gasteiger partial charge in [0.05, 0.1) is 22.6 Å². The molecule has 0 radical (unpaired) electrons. The summed E-state index contributed by atoms with van der Waals surface area (Å²) in [7, 11) is -3.76. The van der Waals surface area contributed by atoms with Crippen LogP contribution in [0.2, 0.25) is 0 Å². The van der Waals surface area contributed by atoms with Crippen LogP contribution in [0.1, 0.15) is 28.1 Å². The van der Waals surface area contributed by atoms with E-state index in [0.717, 1.165) is 17.8 Å². The van der Waals surface area contributed by atoms with Crippen LogP contribution in [0.4, 0.5) is 13.2 Å². The Morgan fingerprint density at radius 3 is 2.33 bits per heavy atom. The van der Waals surface area contributed by atoms with Gasteiger partial charge in [0.15, 0.2) is 5.82 Å². The molecule has 12 heteroatoms. The van der Waals surface area contributed by atoms with Gasteiger partial charge in [0.2, 0.25) is 15.9 Å². The monoisotopic (exact) mass is 481 g/mol. The number of nitrogens with one attached hydrogen (secondary N) is 1. The van der Waals surface area contributed by atoms with Crippen LogP contribution in [0, 0.1) is 13.8 Å². The molecule has 33 heavy (non-hydrogen) atoms. The summed E-state index contributed by atoms with van der Waals surface area (Å²) in [5, 5.41) is 12.2. The molecule has 0 spiro atoms. The molecule has 2 aromatic heterocycles. The van der Waals surface area contributed by atoms with Gasteiger partial charge in [-0.15, -0.1) is 0 Å². The average Bonchev–Trinajstić information content (AvgIpc) is 3.01. The molecular formula is C21H22F3N5O3S. The standard InChI is InChI=1S/C21H22F3N5O3S/c1-13-18(14(2)29(28-13)19-8-5-16(12-27-19)21(22,23)24)11-20(30)26-10-9-15-3-6-17(7-4-15)33(25,31)32/h3-8,12H,9-11H2,1-2H3,(H,26,30)(H2,25,31,32). The van der Waals surface area contributed by atoms with Crippen molar-refractivity contribution in [2.75, 3.05) is 6.54 Å². The first-order valence-electron chi connectivity index (χ1n) is 9.83. The molecule has 176 valence electrons. The van der Waals surface area contributed by atoms with Gasteiger partial charge in [0.1, 0.15) is 0 Å². The first-order valence-corrected chi connectivity index (χ1v) is 11.4. The highest BCUT2D eigenvalue weighted by atomic mass is 32.2. The molecule has 0 aliphatic heterocycles. The van der Waals surface area contributed by atoms with E-state index in [4.69, 9.17) is 5.14 Å². The van der Waals surface area contributed by atoms with Crippen LogP contribution in [0.15, 0.2) is 47.5 Å². The van der Waals surface area contributed by atoms with E-state index in [1.54, 1.807) is 26.0 Å². The Balaban J connectivity index is 1.62. The molecule has 0 aliphatic rings. The van der Waals surface area contributed by atoms with Gasteiger partial charge in [0, 0.05) is 24.0 Å². The molecule has 0 unspecified atom stereocenters. The minimum atomic E-state index is -4.48. The normalized spacial score (nSPS) is 12.1. The number of benzene rings is 1. The van der Waals surface area contributed by atoms with E-state index in [-0.39, 0.29) is 23.0 Å². The fraction of sp³-hybridized carbons (Fsp3) is 0.286. The van der Waals surface area contributed by atoms with E-state index in [0.29, 0.717) is 29.9 Å². The van der Waals surface area contributed by atoms with Crippen LogP contribution in [0.25, 0.3) is 5.82 Å². The minimum absolute atomic E-state index is 0.0146. The quantitative estimate of drug-likeness (QED) is 0.537. The van der Waals surface area contributed by atoms with Gasteiger partial charge in [-0.3, -0.25) is 4.79 Å². The highest BCUT2D eigenvalue weighted by molar-refractivity contribution is 7.89. The van der Waals surface area contributed by atoms with Crippen molar-refractivity contribution in [3.8, 4) is 5.82 Å². The molecule has 0 saturated carbocycles. The lowest BCUT2D eigenvalue weighted by molar-refractivity contribution is -0.137. The number of carbonyl (C=O) groups is 1. The number of amides is 1. The number of rotatable bonds is 7. The minimum Gasteiger partial charge on any atom is -0.355 e. The third-order valence-corrected chi connectivity index (χ3v) is 5.99. The number of hydrogen-bond acceptors (Lipinski definition) is 5. The van der Waals surface area contributed by atoms with E-state index in [1.165, 1.54) is 22.9 Å². The van der Waals surface area contributed by atoms with E-state index in [1.807, 2.05) is 0 Å². The van der Waals surface area contributed by atoms with E-state index >= 15 is 0 Å². The number of nitrogens with zero attached hydrogens (tertiary/aromatic N) is 3. The highest BCUT2D eigenvalue weighted by Gasteiger charge is 2.31. The van der Waals surface area contributed by atoms with Crippen molar-refractivity contribution >= 4 is 15.9 Å². The van der Waals surface area contributed by atoms with Gasteiger partial charge in [-0.05, 0) is 50.1 Å². The van der Waals surface area contributed by atoms with Gasteiger partial charge in [-0.1, -0.05) is 12.1 Å². The zero-order valence-corrected chi connectivity index (χ0v) is 18.7. The number of halogens is 3.